The minimum atomic E-state index is -3.79. The van der Waals surface area contributed by atoms with Crippen LogP contribution in [0.5, 0.6) is 0 Å². The van der Waals surface area contributed by atoms with E-state index in [-0.39, 0.29) is 46.4 Å². The van der Waals surface area contributed by atoms with Crippen LogP contribution in [0.3, 0.4) is 0 Å². The molecule has 15 heteroatoms. The molecule has 5 amide bonds. The van der Waals surface area contributed by atoms with Crippen molar-refractivity contribution in [2.24, 2.45) is 39.9 Å². The smallest absolute Gasteiger partial charge is 0.315 e. The molecule has 3 aliphatic carbocycles. The molecule has 306 valence electrons. The highest BCUT2D eigenvalue weighted by atomic mass is 32.2. The van der Waals surface area contributed by atoms with Crippen molar-refractivity contribution >= 4 is 50.9 Å². The number of ketones is 1. The zero-order valence-electron chi connectivity index (χ0n) is 33.8. The number of nitrogens with zero attached hydrogens (tertiary/aromatic N) is 2. The SMILES string of the molecule is C=CCNC(=O)C(=O)C(CC1CCC1)NC(=O)[C@@H]1[C@@H]2[C@H](CN1C(=O)[C@@H](NC(=O)N[C@H](CN(CC1CC1)S(=O)(=O)c1cccs1)C(C)(C)C)C(C)(C)C)C2(C)C. The van der Waals surface area contributed by atoms with Gasteiger partial charge >= 0.3 is 6.03 Å². The molecule has 1 unspecified atom stereocenters. The van der Waals surface area contributed by atoms with E-state index in [4.69, 9.17) is 0 Å². The number of fused-ring (bicyclic) bond motifs is 1. The second-order valence-corrected chi connectivity index (χ2v) is 22.0. The average molecular weight is 803 g/mol. The second kappa shape index (κ2) is 16.3. The lowest BCUT2D eigenvalue weighted by molar-refractivity contribution is -0.145. The van der Waals surface area contributed by atoms with Crippen LogP contribution < -0.4 is 21.3 Å². The van der Waals surface area contributed by atoms with Gasteiger partial charge in [0.15, 0.2) is 0 Å². The summed E-state index contributed by atoms with van der Waals surface area (Å²) in [4.78, 5) is 70.4. The van der Waals surface area contributed by atoms with Crippen LogP contribution in [0.15, 0.2) is 34.4 Å². The third-order valence-electron chi connectivity index (χ3n) is 12.2. The van der Waals surface area contributed by atoms with Gasteiger partial charge in [0.25, 0.3) is 15.9 Å². The van der Waals surface area contributed by atoms with Crippen LogP contribution in [-0.4, -0.2) is 97.5 Å². The molecule has 0 radical (unpaired) electrons. The van der Waals surface area contributed by atoms with Gasteiger partial charge in [-0.15, -0.1) is 17.9 Å². The summed E-state index contributed by atoms with van der Waals surface area (Å²) in [6.07, 6.45) is 6.60. The van der Waals surface area contributed by atoms with Crippen molar-refractivity contribution < 1.29 is 32.4 Å². The Morgan fingerprint density at radius 1 is 1.00 bits per heavy atom. The lowest BCUT2D eigenvalue weighted by atomic mass is 9.80. The number of hydrogen-bond acceptors (Lipinski definition) is 8. The molecular formula is C40H62N6O7S2. The van der Waals surface area contributed by atoms with Crippen molar-refractivity contribution in [3.8, 4) is 0 Å². The lowest BCUT2D eigenvalue weighted by Gasteiger charge is -2.39. The number of urea groups is 1. The first-order chi connectivity index (χ1) is 25.6. The van der Waals surface area contributed by atoms with E-state index in [1.807, 2.05) is 41.5 Å². The van der Waals surface area contributed by atoms with Crippen molar-refractivity contribution in [2.45, 2.75) is 122 Å². The maximum absolute atomic E-state index is 14.6. The normalized spacial score (nSPS) is 23.8. The Labute approximate surface area is 331 Å². The number of rotatable bonds is 17. The number of sulfonamides is 1. The van der Waals surface area contributed by atoms with Crippen LogP contribution in [0.1, 0.15) is 93.9 Å². The first-order valence-electron chi connectivity index (χ1n) is 19.7. The van der Waals surface area contributed by atoms with E-state index in [9.17, 15) is 32.4 Å². The molecule has 1 aromatic rings. The predicted molar refractivity (Wildman–Crippen MR) is 212 cm³/mol. The molecule has 1 saturated heterocycles. The predicted octanol–water partition coefficient (Wildman–Crippen LogP) is 4.31. The van der Waals surface area contributed by atoms with Gasteiger partial charge in [0.1, 0.15) is 16.3 Å². The van der Waals surface area contributed by atoms with Gasteiger partial charge in [0, 0.05) is 32.2 Å². The number of amides is 5. The number of likely N-dealkylation sites (tertiary alicyclic amines) is 1. The summed E-state index contributed by atoms with van der Waals surface area (Å²) >= 11 is 1.16. The molecule has 4 fully saturated rings. The summed E-state index contributed by atoms with van der Waals surface area (Å²) in [5.41, 5.74) is -1.54. The van der Waals surface area contributed by atoms with Crippen LogP contribution >= 0.6 is 11.3 Å². The Morgan fingerprint density at radius 2 is 1.67 bits per heavy atom. The lowest BCUT2D eigenvalue weighted by Crippen LogP contribution is -2.63. The first kappa shape index (κ1) is 42.8. The Bertz CT molecular complexity index is 1720. The van der Waals surface area contributed by atoms with Gasteiger partial charge in [-0.2, -0.15) is 4.31 Å². The average Bonchev–Trinajstić information content (AvgIpc) is 3.76. The monoisotopic (exact) mass is 802 g/mol. The van der Waals surface area contributed by atoms with E-state index in [2.05, 4.69) is 41.7 Å². The Hall–Kier alpha value is -3.30. The summed E-state index contributed by atoms with van der Waals surface area (Å²) in [5.74, 6) is -2.02. The molecule has 4 aliphatic rings. The summed E-state index contributed by atoms with van der Waals surface area (Å²) in [6.45, 7) is 19.9. The molecule has 0 spiro atoms. The highest BCUT2D eigenvalue weighted by Crippen LogP contribution is 2.65. The number of Topliss-reactive ketones (excluding diaryl/α,β-unsaturated/α-hetero) is 1. The number of thiophene rings is 1. The topological polar surface area (TPSA) is 174 Å². The summed E-state index contributed by atoms with van der Waals surface area (Å²) < 4.78 is 29.2. The summed E-state index contributed by atoms with van der Waals surface area (Å²) in [7, 11) is -3.79. The molecule has 0 aromatic carbocycles. The highest BCUT2D eigenvalue weighted by Gasteiger charge is 2.70. The molecule has 1 aromatic heterocycles. The maximum Gasteiger partial charge on any atom is 0.315 e. The van der Waals surface area contributed by atoms with Gasteiger partial charge in [0.2, 0.25) is 17.6 Å². The van der Waals surface area contributed by atoms with Crippen LogP contribution in [0.4, 0.5) is 4.79 Å². The number of hydrogen-bond donors (Lipinski definition) is 4. The number of piperidine rings is 1. The fourth-order valence-corrected chi connectivity index (χ4v) is 10.7. The molecule has 13 nitrogen and oxygen atoms in total. The molecule has 5 rings (SSSR count). The fraction of sp³-hybridized carbons (Fsp3) is 0.725. The standard InChI is InChI=1S/C40H62N6O7S2/c1-10-18-41-35(49)32(47)27(20-24-13-11-14-24)42-34(48)31-30-26(40(30,8)9)22-46(31)36(50)33(39(5,6)7)44-37(51)43-28(38(2,3)4)23-45(21-25-16-17-25)55(52,53)29-15-12-19-54-29/h10,12,15,19,24-28,30-31,33H,1,11,13-14,16-18,20-23H2,2-9H3,(H,41,49)(H,42,48)(H2,43,44,51)/t26-,27?,28+,30-,31-,33+/m0/s1. The maximum atomic E-state index is 14.6. The molecule has 4 N–H and O–H groups in total. The summed E-state index contributed by atoms with van der Waals surface area (Å²) in [5, 5.41) is 13.1. The van der Waals surface area contributed by atoms with E-state index in [1.54, 1.807) is 22.4 Å². The van der Waals surface area contributed by atoms with Gasteiger partial charge in [-0.25, -0.2) is 13.2 Å². The van der Waals surface area contributed by atoms with E-state index >= 15 is 0 Å². The van der Waals surface area contributed by atoms with Gasteiger partial charge in [-0.05, 0) is 70.6 Å². The molecule has 3 saturated carbocycles. The largest absolute Gasteiger partial charge is 0.346 e. The number of carbonyl (C=O) groups is 5. The van der Waals surface area contributed by atoms with Crippen molar-refractivity contribution in [1.29, 1.82) is 0 Å². The van der Waals surface area contributed by atoms with Gasteiger partial charge in [0.05, 0.1) is 6.04 Å². The Balaban J connectivity index is 1.34. The number of carbonyl (C=O) groups excluding carboxylic acids is 5. The van der Waals surface area contributed by atoms with Gasteiger partial charge in [-0.1, -0.05) is 86.8 Å². The van der Waals surface area contributed by atoms with E-state index < -0.39 is 74.6 Å². The molecule has 0 bridgehead atoms. The van der Waals surface area contributed by atoms with Gasteiger partial charge < -0.3 is 26.2 Å². The van der Waals surface area contributed by atoms with Gasteiger partial charge in [-0.3, -0.25) is 19.2 Å². The highest BCUT2D eigenvalue weighted by molar-refractivity contribution is 7.91. The quantitative estimate of drug-likeness (QED) is 0.134. The van der Waals surface area contributed by atoms with Crippen molar-refractivity contribution in [3.05, 3.63) is 30.2 Å². The van der Waals surface area contributed by atoms with E-state index in [0.29, 0.717) is 19.5 Å². The molecular weight excluding hydrogens is 741 g/mol. The Morgan fingerprint density at radius 3 is 2.20 bits per heavy atom. The molecule has 6 atom stereocenters. The molecule has 55 heavy (non-hydrogen) atoms. The van der Waals surface area contributed by atoms with E-state index in [0.717, 1.165) is 43.4 Å². The first-order valence-corrected chi connectivity index (χ1v) is 22.0. The van der Waals surface area contributed by atoms with Crippen molar-refractivity contribution in [2.75, 3.05) is 26.2 Å². The summed E-state index contributed by atoms with van der Waals surface area (Å²) in [6, 6.07) is -0.884. The van der Waals surface area contributed by atoms with Crippen molar-refractivity contribution in [3.63, 3.8) is 0 Å². The molecule has 1 aliphatic heterocycles. The van der Waals surface area contributed by atoms with Crippen LogP contribution in [0, 0.1) is 39.9 Å². The van der Waals surface area contributed by atoms with E-state index in [1.165, 1.54) is 10.4 Å². The minimum Gasteiger partial charge on any atom is -0.346 e. The Kier molecular flexibility index (Phi) is 12.7. The van der Waals surface area contributed by atoms with Crippen LogP contribution in [-0.2, 0) is 29.2 Å². The second-order valence-electron chi connectivity index (χ2n) is 18.9. The van der Waals surface area contributed by atoms with Crippen molar-refractivity contribution in [1.82, 2.24) is 30.5 Å². The minimum absolute atomic E-state index is 0.0475. The third-order valence-corrected chi connectivity index (χ3v) is 15.4. The zero-order chi connectivity index (χ0) is 40.7. The van der Waals surface area contributed by atoms with Crippen LogP contribution in [0.2, 0.25) is 0 Å². The number of nitrogens with one attached hydrogen (secondary N) is 4. The fourth-order valence-electron chi connectivity index (χ4n) is 8.06. The zero-order valence-corrected chi connectivity index (χ0v) is 35.4. The van der Waals surface area contributed by atoms with Crippen LogP contribution in [0.25, 0.3) is 0 Å². The molecule has 2 heterocycles. The third kappa shape index (κ3) is 9.81.